The normalized spacial score (nSPS) is 29.5. The molecule has 1 aromatic carbocycles. The van der Waals surface area contributed by atoms with Gasteiger partial charge in [-0.2, -0.15) is 0 Å². The van der Waals surface area contributed by atoms with E-state index in [1.807, 2.05) is 0 Å². The number of benzene rings is 1. The third-order valence-electron chi connectivity index (χ3n) is 7.63. The van der Waals surface area contributed by atoms with Gasteiger partial charge in [-0.05, 0) is 67.4 Å². The van der Waals surface area contributed by atoms with Crippen molar-refractivity contribution in [1.82, 2.24) is 10.6 Å². The van der Waals surface area contributed by atoms with Crippen LogP contribution in [0.1, 0.15) is 70.4 Å². The van der Waals surface area contributed by atoms with Crippen molar-refractivity contribution in [2.24, 2.45) is 23.2 Å². The van der Waals surface area contributed by atoms with Crippen LogP contribution in [0.15, 0.2) is 12.1 Å². The molecule has 3 aliphatic carbocycles. The number of rotatable bonds is 7. The molecule has 0 bridgehead atoms. The van der Waals surface area contributed by atoms with Gasteiger partial charge < -0.3 is 15.7 Å². The Morgan fingerprint density at radius 1 is 1.28 bits per heavy atom. The van der Waals surface area contributed by atoms with Crippen LogP contribution in [0, 0.1) is 29.0 Å². The Balaban J connectivity index is 0.000000269. The van der Waals surface area contributed by atoms with E-state index in [0.717, 1.165) is 12.8 Å². The monoisotopic (exact) mass is 486 g/mol. The molecule has 5 nitrogen and oxygen atoms in total. The van der Waals surface area contributed by atoms with Crippen molar-refractivity contribution in [1.29, 1.82) is 0 Å². The second-order valence-electron chi connectivity index (χ2n) is 9.59. The molecule has 0 aromatic heterocycles. The molecular weight excluding hydrogens is 454 g/mol. The zero-order valence-electron chi connectivity index (χ0n) is 18.7. The summed E-state index contributed by atoms with van der Waals surface area (Å²) in [7, 11) is 0. The molecule has 0 radical (unpaired) electrons. The zero-order chi connectivity index (χ0) is 23.5. The molecule has 3 N–H and O–H groups in total. The summed E-state index contributed by atoms with van der Waals surface area (Å²) in [4.78, 5) is 21.7. The summed E-state index contributed by atoms with van der Waals surface area (Å²) >= 11 is 12.3. The van der Waals surface area contributed by atoms with Crippen molar-refractivity contribution in [3.63, 3.8) is 0 Å². The summed E-state index contributed by atoms with van der Waals surface area (Å²) in [5.74, 6) is 1.46. The van der Waals surface area contributed by atoms with E-state index >= 15 is 0 Å². The molecule has 0 saturated heterocycles. The second kappa shape index (κ2) is 10.7. The lowest BCUT2D eigenvalue weighted by Gasteiger charge is -2.39. The number of amides is 2. The van der Waals surface area contributed by atoms with Gasteiger partial charge >= 0.3 is 0 Å². The largest absolute Gasteiger partial charge is 0.396 e. The fourth-order valence-corrected chi connectivity index (χ4v) is 6.37. The molecule has 3 atom stereocenters. The fourth-order valence-electron chi connectivity index (χ4n) is 5.94. The highest BCUT2D eigenvalue weighted by Gasteiger charge is 2.61. The van der Waals surface area contributed by atoms with E-state index in [1.165, 1.54) is 37.8 Å². The number of aliphatic hydroxyl groups is 1. The molecule has 0 aliphatic heterocycles. The quantitative estimate of drug-likeness (QED) is 0.373. The van der Waals surface area contributed by atoms with E-state index in [2.05, 4.69) is 17.6 Å². The highest BCUT2D eigenvalue weighted by atomic mass is 35.5. The van der Waals surface area contributed by atoms with Gasteiger partial charge in [0.1, 0.15) is 5.82 Å². The second-order valence-corrected chi connectivity index (χ2v) is 10.4. The van der Waals surface area contributed by atoms with E-state index < -0.39 is 11.9 Å². The molecule has 3 unspecified atom stereocenters. The predicted molar refractivity (Wildman–Crippen MR) is 124 cm³/mol. The van der Waals surface area contributed by atoms with E-state index in [0.29, 0.717) is 36.6 Å². The van der Waals surface area contributed by atoms with Gasteiger partial charge in [0, 0.05) is 25.1 Å². The van der Waals surface area contributed by atoms with E-state index in [-0.39, 0.29) is 33.5 Å². The van der Waals surface area contributed by atoms with E-state index in [4.69, 9.17) is 23.2 Å². The average molecular weight is 487 g/mol. The summed E-state index contributed by atoms with van der Waals surface area (Å²) in [5.41, 5.74) is -0.152. The van der Waals surface area contributed by atoms with Gasteiger partial charge in [0.05, 0.1) is 16.1 Å². The van der Waals surface area contributed by atoms with Gasteiger partial charge in [-0.3, -0.25) is 9.59 Å². The number of aliphatic hydroxyl groups excluding tert-OH is 1. The van der Waals surface area contributed by atoms with Crippen LogP contribution in [-0.4, -0.2) is 30.1 Å². The number of fused-ring (bicyclic) bond motifs is 1. The maximum absolute atomic E-state index is 14.5. The Morgan fingerprint density at radius 2 is 1.91 bits per heavy atom. The van der Waals surface area contributed by atoms with Gasteiger partial charge in [0.15, 0.2) is 0 Å². The van der Waals surface area contributed by atoms with Crippen LogP contribution in [0.5, 0.6) is 0 Å². The summed E-state index contributed by atoms with van der Waals surface area (Å²) in [6, 6.07) is 2.59. The van der Waals surface area contributed by atoms with Crippen LogP contribution >= 0.6 is 23.2 Å². The molecule has 32 heavy (non-hydrogen) atoms. The zero-order valence-corrected chi connectivity index (χ0v) is 20.2. The number of halogens is 3. The number of nitrogens with one attached hydrogen (secondary N) is 2. The van der Waals surface area contributed by atoms with Crippen LogP contribution in [0.2, 0.25) is 10.0 Å². The third-order valence-corrected chi connectivity index (χ3v) is 8.45. The van der Waals surface area contributed by atoms with Crippen LogP contribution in [-0.2, 0) is 9.59 Å². The van der Waals surface area contributed by atoms with Crippen molar-refractivity contribution < 1.29 is 19.1 Å². The molecule has 3 fully saturated rings. The van der Waals surface area contributed by atoms with Crippen molar-refractivity contribution >= 4 is 35.5 Å². The molecule has 178 valence electrons. The van der Waals surface area contributed by atoms with Crippen LogP contribution in [0.25, 0.3) is 0 Å². The SMILES string of the molecule is CC(=O)NC1CCCC1.CC1C2CC(CCO)(C(NC=O)c3c(F)ccc(Cl)c3Cl)CC12. The van der Waals surface area contributed by atoms with E-state index in [1.54, 1.807) is 6.92 Å². The fraction of sp³-hybridized carbons (Fsp3) is 0.667. The average Bonchev–Trinajstić information content (AvgIpc) is 3.14. The van der Waals surface area contributed by atoms with E-state index in [9.17, 15) is 19.1 Å². The number of hydrogen-bond donors (Lipinski definition) is 3. The lowest BCUT2D eigenvalue weighted by atomic mass is 9.70. The molecule has 2 amide bonds. The van der Waals surface area contributed by atoms with Gasteiger partial charge in [0.2, 0.25) is 12.3 Å². The standard InChI is InChI=1S/C17H20Cl2FNO2.C7H13NO/c1-9-10-6-17(4-5-22,7-11(9)10)16(21-8-23)14-13(20)3-2-12(18)15(14)19;1-6(9)8-7-4-2-3-5-7/h2-3,8-11,16,22H,4-7H2,1H3,(H,21,23);7H,2-5H2,1H3,(H,8,9). The Hall–Kier alpha value is -1.37. The van der Waals surface area contributed by atoms with Crippen LogP contribution in [0.3, 0.4) is 0 Å². The molecular formula is C24H33Cl2FN2O3. The van der Waals surface area contributed by atoms with Crippen LogP contribution < -0.4 is 10.6 Å². The van der Waals surface area contributed by atoms with Crippen LogP contribution in [0.4, 0.5) is 4.39 Å². The number of carbonyl (C=O) groups is 2. The van der Waals surface area contributed by atoms with Crippen molar-refractivity contribution in [3.05, 3.63) is 33.6 Å². The highest BCUT2D eigenvalue weighted by Crippen LogP contribution is 2.68. The van der Waals surface area contributed by atoms with Gasteiger partial charge in [-0.25, -0.2) is 4.39 Å². The molecule has 4 rings (SSSR count). The van der Waals surface area contributed by atoms with Crippen molar-refractivity contribution in [2.75, 3.05) is 6.61 Å². The van der Waals surface area contributed by atoms with Gasteiger partial charge in [-0.1, -0.05) is 43.0 Å². The Kier molecular flexibility index (Phi) is 8.45. The number of hydrogen-bond acceptors (Lipinski definition) is 3. The summed E-state index contributed by atoms with van der Waals surface area (Å²) in [6.07, 6.45) is 7.71. The van der Waals surface area contributed by atoms with Gasteiger partial charge in [-0.15, -0.1) is 0 Å². The molecule has 8 heteroatoms. The first kappa shape index (κ1) is 25.3. The molecule has 1 aromatic rings. The summed E-state index contributed by atoms with van der Waals surface area (Å²) in [5, 5.41) is 15.6. The minimum absolute atomic E-state index is 0.00926. The van der Waals surface area contributed by atoms with Gasteiger partial charge in [0.25, 0.3) is 0 Å². The topological polar surface area (TPSA) is 78.4 Å². The minimum atomic E-state index is -0.585. The summed E-state index contributed by atoms with van der Waals surface area (Å²) in [6.45, 7) is 3.79. The highest BCUT2D eigenvalue weighted by molar-refractivity contribution is 6.42. The maximum atomic E-state index is 14.5. The number of carbonyl (C=O) groups excluding carboxylic acids is 2. The molecule has 0 heterocycles. The Morgan fingerprint density at radius 3 is 2.44 bits per heavy atom. The first-order valence-corrected chi connectivity index (χ1v) is 12.2. The van der Waals surface area contributed by atoms with Crippen molar-refractivity contribution in [2.45, 2.75) is 70.9 Å². The first-order valence-electron chi connectivity index (χ1n) is 11.4. The lowest BCUT2D eigenvalue weighted by Crippen LogP contribution is -2.39. The first-order chi connectivity index (χ1) is 15.2. The predicted octanol–water partition coefficient (Wildman–Crippen LogP) is 5.03. The summed E-state index contributed by atoms with van der Waals surface area (Å²) < 4.78 is 14.5. The Labute approximate surface area is 199 Å². The third kappa shape index (κ3) is 5.40. The smallest absolute Gasteiger partial charge is 0.217 e. The molecule has 3 saturated carbocycles. The molecule has 3 aliphatic rings. The lowest BCUT2D eigenvalue weighted by molar-refractivity contribution is -0.119. The van der Waals surface area contributed by atoms with Crippen molar-refractivity contribution in [3.8, 4) is 0 Å². The molecule has 0 spiro atoms. The minimum Gasteiger partial charge on any atom is -0.396 e. The Bertz CT molecular complexity index is 820. The maximum Gasteiger partial charge on any atom is 0.217 e.